The van der Waals surface area contributed by atoms with E-state index in [2.05, 4.69) is 37.8 Å². The zero-order valence-corrected chi connectivity index (χ0v) is 12.2. The van der Waals surface area contributed by atoms with Crippen LogP contribution in [0.2, 0.25) is 0 Å². The van der Waals surface area contributed by atoms with Crippen LogP contribution < -0.4 is 21.3 Å². The first-order valence-electron chi connectivity index (χ1n) is 6.84. The molecular formula is C14H20N6O. The smallest absolute Gasteiger partial charge is 0.323 e. The van der Waals surface area contributed by atoms with Crippen molar-refractivity contribution in [3.05, 3.63) is 35.9 Å². The molecule has 112 valence electrons. The lowest BCUT2D eigenvalue weighted by Gasteiger charge is -2.11. The van der Waals surface area contributed by atoms with Gasteiger partial charge in [-0.05, 0) is 25.8 Å². The molecular weight excluding hydrogens is 268 g/mol. The standard InChI is InChI=1S/C14H20N6O/c1-10(2)21-14-18-12(17-13(19-14)20-15)16-9-8-11-6-4-3-5-7-11/h3-7,10H,8-9,15H2,1-2H3,(H2,16,17,18,19,20). The summed E-state index contributed by atoms with van der Waals surface area (Å²) in [6, 6.07) is 10.4. The Morgan fingerprint density at radius 3 is 2.48 bits per heavy atom. The van der Waals surface area contributed by atoms with Crippen molar-refractivity contribution in [2.75, 3.05) is 17.3 Å². The van der Waals surface area contributed by atoms with E-state index in [4.69, 9.17) is 10.6 Å². The monoisotopic (exact) mass is 288 g/mol. The first kappa shape index (κ1) is 15.0. The van der Waals surface area contributed by atoms with Gasteiger partial charge in [0.15, 0.2) is 0 Å². The molecule has 2 aromatic rings. The normalized spacial score (nSPS) is 10.5. The molecule has 21 heavy (non-hydrogen) atoms. The lowest BCUT2D eigenvalue weighted by Crippen LogP contribution is -2.17. The maximum Gasteiger partial charge on any atom is 0.323 e. The molecule has 0 aliphatic heterocycles. The zero-order chi connectivity index (χ0) is 15.1. The number of hydrogen-bond acceptors (Lipinski definition) is 7. The minimum atomic E-state index is -0.0183. The summed E-state index contributed by atoms with van der Waals surface area (Å²) in [5.74, 6) is 6.05. The Bertz CT molecular complexity index is 561. The number of nitrogens with one attached hydrogen (secondary N) is 2. The molecule has 0 bridgehead atoms. The number of aromatic nitrogens is 3. The molecule has 1 aromatic carbocycles. The molecule has 0 unspecified atom stereocenters. The molecule has 2 rings (SSSR count). The maximum atomic E-state index is 5.46. The van der Waals surface area contributed by atoms with Crippen LogP contribution in [0.4, 0.5) is 11.9 Å². The minimum absolute atomic E-state index is 0.0183. The summed E-state index contributed by atoms with van der Waals surface area (Å²) in [5, 5.41) is 3.14. The first-order valence-corrected chi connectivity index (χ1v) is 6.84. The third-order valence-corrected chi connectivity index (χ3v) is 2.62. The molecule has 0 amide bonds. The van der Waals surface area contributed by atoms with E-state index < -0.39 is 0 Å². The number of hydrazine groups is 1. The van der Waals surface area contributed by atoms with Crippen molar-refractivity contribution < 1.29 is 4.74 Å². The Morgan fingerprint density at radius 1 is 1.10 bits per heavy atom. The fraction of sp³-hybridized carbons (Fsp3) is 0.357. The molecule has 0 radical (unpaired) electrons. The van der Waals surface area contributed by atoms with E-state index in [1.807, 2.05) is 32.0 Å². The van der Waals surface area contributed by atoms with Gasteiger partial charge in [0.05, 0.1) is 6.10 Å². The van der Waals surface area contributed by atoms with Crippen LogP contribution in [0, 0.1) is 0 Å². The zero-order valence-electron chi connectivity index (χ0n) is 12.2. The summed E-state index contributed by atoms with van der Waals surface area (Å²) >= 11 is 0. The van der Waals surface area contributed by atoms with E-state index >= 15 is 0 Å². The lowest BCUT2D eigenvalue weighted by atomic mass is 10.1. The molecule has 0 spiro atoms. The summed E-state index contributed by atoms with van der Waals surface area (Å²) in [6.07, 6.45) is 0.855. The molecule has 0 fully saturated rings. The van der Waals surface area contributed by atoms with E-state index in [0.29, 0.717) is 12.5 Å². The summed E-state index contributed by atoms with van der Waals surface area (Å²) in [7, 11) is 0. The second-order valence-corrected chi connectivity index (χ2v) is 4.74. The van der Waals surface area contributed by atoms with Gasteiger partial charge in [-0.3, -0.25) is 5.43 Å². The molecule has 7 nitrogen and oxygen atoms in total. The van der Waals surface area contributed by atoms with Gasteiger partial charge in [-0.1, -0.05) is 30.3 Å². The summed E-state index contributed by atoms with van der Waals surface area (Å²) in [6.45, 7) is 4.52. The topological polar surface area (TPSA) is 98.0 Å². The van der Waals surface area contributed by atoms with E-state index in [1.54, 1.807) is 0 Å². The van der Waals surface area contributed by atoms with Crippen LogP contribution in [0.1, 0.15) is 19.4 Å². The van der Waals surface area contributed by atoms with E-state index in [-0.39, 0.29) is 18.1 Å². The van der Waals surface area contributed by atoms with Gasteiger partial charge in [0, 0.05) is 6.54 Å². The average molecular weight is 288 g/mol. The molecule has 0 atom stereocenters. The highest BCUT2D eigenvalue weighted by molar-refractivity contribution is 5.35. The fourth-order valence-corrected chi connectivity index (χ4v) is 1.73. The van der Waals surface area contributed by atoms with Gasteiger partial charge in [-0.15, -0.1) is 0 Å². The van der Waals surface area contributed by atoms with Crippen molar-refractivity contribution in [2.45, 2.75) is 26.4 Å². The first-order chi connectivity index (χ1) is 10.2. The van der Waals surface area contributed by atoms with E-state index in [9.17, 15) is 0 Å². The number of benzene rings is 1. The molecule has 4 N–H and O–H groups in total. The second-order valence-electron chi connectivity index (χ2n) is 4.74. The Kier molecular flexibility index (Phi) is 5.28. The Balaban J connectivity index is 1.98. The Morgan fingerprint density at radius 2 is 1.81 bits per heavy atom. The van der Waals surface area contributed by atoms with Crippen molar-refractivity contribution in [1.29, 1.82) is 0 Å². The number of nitrogens with two attached hydrogens (primary N) is 1. The van der Waals surface area contributed by atoms with Crippen LogP contribution in [0.3, 0.4) is 0 Å². The van der Waals surface area contributed by atoms with Gasteiger partial charge in [-0.25, -0.2) is 5.84 Å². The van der Waals surface area contributed by atoms with Crippen molar-refractivity contribution in [2.24, 2.45) is 5.84 Å². The Hall–Kier alpha value is -2.41. The molecule has 1 heterocycles. The molecule has 0 saturated heterocycles. The maximum absolute atomic E-state index is 5.46. The number of anilines is 2. The highest BCUT2D eigenvalue weighted by Gasteiger charge is 2.08. The van der Waals surface area contributed by atoms with E-state index in [0.717, 1.165) is 6.42 Å². The second kappa shape index (κ2) is 7.39. The van der Waals surface area contributed by atoms with Gasteiger partial charge >= 0.3 is 6.01 Å². The predicted molar refractivity (Wildman–Crippen MR) is 82.0 cm³/mol. The third kappa shape index (κ3) is 4.88. The third-order valence-electron chi connectivity index (χ3n) is 2.62. The van der Waals surface area contributed by atoms with Crippen LogP contribution in [-0.4, -0.2) is 27.6 Å². The molecule has 0 aliphatic carbocycles. The van der Waals surface area contributed by atoms with Crippen molar-refractivity contribution in [3.8, 4) is 6.01 Å². The van der Waals surface area contributed by atoms with Crippen molar-refractivity contribution in [1.82, 2.24) is 15.0 Å². The van der Waals surface area contributed by atoms with Crippen molar-refractivity contribution in [3.63, 3.8) is 0 Å². The van der Waals surface area contributed by atoms with Gasteiger partial charge in [0.25, 0.3) is 0 Å². The minimum Gasteiger partial charge on any atom is -0.461 e. The quantitative estimate of drug-likeness (QED) is 0.526. The largest absolute Gasteiger partial charge is 0.461 e. The van der Waals surface area contributed by atoms with Crippen LogP contribution in [0.5, 0.6) is 6.01 Å². The van der Waals surface area contributed by atoms with Gasteiger partial charge < -0.3 is 10.1 Å². The van der Waals surface area contributed by atoms with Gasteiger partial charge in [-0.2, -0.15) is 15.0 Å². The van der Waals surface area contributed by atoms with Crippen LogP contribution >= 0.6 is 0 Å². The predicted octanol–water partition coefficient (Wildman–Crippen LogP) is 1.60. The summed E-state index contributed by atoms with van der Waals surface area (Å²) in [5.41, 5.74) is 3.65. The number of nitrogen functional groups attached to an aromatic ring is 1. The summed E-state index contributed by atoms with van der Waals surface area (Å²) < 4.78 is 5.46. The van der Waals surface area contributed by atoms with Crippen LogP contribution in [0.15, 0.2) is 30.3 Å². The molecule has 7 heteroatoms. The number of nitrogens with zero attached hydrogens (tertiary/aromatic N) is 3. The van der Waals surface area contributed by atoms with Gasteiger partial charge in [0.2, 0.25) is 11.9 Å². The SMILES string of the molecule is CC(C)Oc1nc(NN)nc(NCCc2ccccc2)n1. The fourth-order valence-electron chi connectivity index (χ4n) is 1.73. The summed E-state index contributed by atoms with van der Waals surface area (Å²) in [4.78, 5) is 12.4. The number of rotatable bonds is 7. The molecule has 0 aliphatic rings. The lowest BCUT2D eigenvalue weighted by molar-refractivity contribution is 0.222. The molecule has 0 saturated carbocycles. The molecule has 1 aromatic heterocycles. The highest BCUT2D eigenvalue weighted by Crippen LogP contribution is 2.12. The number of ether oxygens (including phenoxy) is 1. The van der Waals surface area contributed by atoms with Crippen LogP contribution in [-0.2, 0) is 6.42 Å². The number of hydrogen-bond donors (Lipinski definition) is 3. The van der Waals surface area contributed by atoms with E-state index in [1.165, 1.54) is 5.56 Å². The van der Waals surface area contributed by atoms with Crippen molar-refractivity contribution >= 4 is 11.9 Å². The highest BCUT2D eigenvalue weighted by atomic mass is 16.5. The van der Waals surface area contributed by atoms with Crippen LogP contribution in [0.25, 0.3) is 0 Å². The average Bonchev–Trinajstić information content (AvgIpc) is 2.47. The van der Waals surface area contributed by atoms with Gasteiger partial charge in [0.1, 0.15) is 0 Å². The Labute approximate surface area is 123 Å².